The number of hydrogen-bond acceptors (Lipinski definition) is 9. The van der Waals surface area contributed by atoms with Crippen LogP contribution >= 0.6 is 11.3 Å². The van der Waals surface area contributed by atoms with Gasteiger partial charge >= 0.3 is 12.1 Å². The lowest BCUT2D eigenvalue weighted by Gasteiger charge is -2.30. The SMILES string of the molecule is COCCN(C)C(=O)N[C@@H](CCN1CCOCC1)C(=O)N[C@H](CC[C@H](Cc1ccccc1)NC(=O)OCc1cncs1)Cc1ccccc1. The van der Waals surface area contributed by atoms with Gasteiger partial charge in [0, 0.05) is 58.6 Å². The van der Waals surface area contributed by atoms with Gasteiger partial charge in [0.05, 0.1) is 30.2 Å². The Labute approximate surface area is 293 Å². The summed E-state index contributed by atoms with van der Waals surface area (Å²) in [6.45, 7) is 4.48. The number of thiazole rings is 1. The number of carbonyl (C=O) groups is 3. The van der Waals surface area contributed by atoms with Gasteiger partial charge in [0.15, 0.2) is 0 Å². The van der Waals surface area contributed by atoms with E-state index in [4.69, 9.17) is 14.2 Å². The molecule has 3 aromatic rings. The molecule has 0 aliphatic carbocycles. The van der Waals surface area contributed by atoms with Crippen LogP contribution in [0, 0.1) is 0 Å². The second-order valence-corrected chi connectivity index (χ2v) is 13.2. The topological polar surface area (TPSA) is 134 Å². The van der Waals surface area contributed by atoms with Crippen molar-refractivity contribution in [3.05, 3.63) is 88.4 Å². The molecule has 0 radical (unpaired) electrons. The first-order valence-electron chi connectivity index (χ1n) is 16.9. The van der Waals surface area contributed by atoms with Gasteiger partial charge in [0.25, 0.3) is 0 Å². The number of benzene rings is 2. The summed E-state index contributed by atoms with van der Waals surface area (Å²) in [5, 5.41) is 9.29. The maximum absolute atomic E-state index is 14.0. The van der Waals surface area contributed by atoms with E-state index in [0.29, 0.717) is 65.0 Å². The van der Waals surface area contributed by atoms with Crippen LogP contribution in [-0.2, 0) is 38.5 Å². The first-order valence-corrected chi connectivity index (χ1v) is 17.8. The van der Waals surface area contributed by atoms with Gasteiger partial charge in [-0.3, -0.25) is 14.7 Å². The number of likely N-dealkylation sites (N-methyl/N-ethyl adjacent to an activating group) is 1. The lowest BCUT2D eigenvalue weighted by Crippen LogP contribution is -2.54. The molecule has 0 spiro atoms. The van der Waals surface area contributed by atoms with Crippen LogP contribution in [-0.4, -0.2) is 111 Å². The van der Waals surface area contributed by atoms with Crippen LogP contribution in [0.3, 0.4) is 0 Å². The lowest BCUT2D eigenvalue weighted by molar-refractivity contribution is -0.124. The van der Waals surface area contributed by atoms with Crippen molar-refractivity contribution in [3.63, 3.8) is 0 Å². The molecule has 0 saturated carbocycles. The summed E-state index contributed by atoms with van der Waals surface area (Å²) in [4.78, 5) is 48.7. The number of morpholine rings is 1. The first-order chi connectivity index (χ1) is 23.9. The zero-order valence-electron chi connectivity index (χ0n) is 28.6. The van der Waals surface area contributed by atoms with Gasteiger partial charge in [-0.15, -0.1) is 11.3 Å². The van der Waals surface area contributed by atoms with Gasteiger partial charge in [-0.1, -0.05) is 60.7 Å². The number of alkyl carbamates (subject to hydrolysis) is 1. The molecule has 1 fully saturated rings. The van der Waals surface area contributed by atoms with Crippen molar-refractivity contribution in [2.75, 3.05) is 60.2 Å². The monoisotopic (exact) mass is 694 g/mol. The molecule has 12 nitrogen and oxygen atoms in total. The van der Waals surface area contributed by atoms with Gasteiger partial charge in [-0.05, 0) is 43.2 Å². The molecular weight excluding hydrogens is 644 g/mol. The summed E-state index contributed by atoms with van der Waals surface area (Å²) in [5.74, 6) is -0.237. The summed E-state index contributed by atoms with van der Waals surface area (Å²) in [7, 11) is 3.27. The Balaban J connectivity index is 1.46. The van der Waals surface area contributed by atoms with E-state index in [-0.39, 0.29) is 30.6 Å². The Morgan fingerprint density at radius 2 is 1.55 bits per heavy atom. The normalized spacial score (nSPS) is 15.1. The molecular formula is C36H50N6O6S. The summed E-state index contributed by atoms with van der Waals surface area (Å²) in [5.41, 5.74) is 3.87. The average Bonchev–Trinajstić information content (AvgIpc) is 3.65. The number of urea groups is 1. The molecule has 3 N–H and O–H groups in total. The highest BCUT2D eigenvalue weighted by molar-refractivity contribution is 7.09. The summed E-state index contributed by atoms with van der Waals surface area (Å²) in [6, 6.07) is 18.4. The molecule has 0 unspecified atom stereocenters. The molecule has 1 aliphatic rings. The van der Waals surface area contributed by atoms with E-state index < -0.39 is 12.1 Å². The van der Waals surface area contributed by atoms with E-state index >= 15 is 0 Å². The Hall–Kier alpha value is -4.04. The molecule has 49 heavy (non-hydrogen) atoms. The molecule has 1 aromatic heterocycles. The largest absolute Gasteiger partial charge is 0.444 e. The van der Waals surface area contributed by atoms with Gasteiger partial charge in [0.1, 0.15) is 12.6 Å². The lowest BCUT2D eigenvalue weighted by atomic mass is 9.95. The van der Waals surface area contributed by atoms with E-state index in [1.54, 1.807) is 25.9 Å². The number of carbonyl (C=O) groups excluding carboxylic acids is 3. The molecule has 13 heteroatoms. The third-order valence-electron chi connectivity index (χ3n) is 8.44. The van der Waals surface area contributed by atoms with Crippen LogP contribution in [0.2, 0.25) is 0 Å². The molecule has 2 heterocycles. The fraction of sp³-hybridized carbons (Fsp3) is 0.500. The summed E-state index contributed by atoms with van der Waals surface area (Å²) < 4.78 is 16.1. The third kappa shape index (κ3) is 14.1. The van der Waals surface area contributed by atoms with Crippen molar-refractivity contribution in [1.82, 2.24) is 30.7 Å². The molecule has 1 saturated heterocycles. The highest BCUT2D eigenvalue weighted by atomic mass is 32.1. The Morgan fingerprint density at radius 1 is 0.918 bits per heavy atom. The van der Waals surface area contributed by atoms with Crippen LogP contribution in [0.15, 0.2) is 72.4 Å². The molecule has 4 amide bonds. The highest BCUT2D eigenvalue weighted by Crippen LogP contribution is 2.15. The molecule has 3 atom stereocenters. The molecule has 4 rings (SSSR count). The minimum Gasteiger partial charge on any atom is -0.444 e. The van der Waals surface area contributed by atoms with E-state index in [2.05, 4.69) is 25.8 Å². The van der Waals surface area contributed by atoms with E-state index in [0.717, 1.165) is 29.1 Å². The number of ether oxygens (including phenoxy) is 3. The van der Waals surface area contributed by atoms with E-state index in [9.17, 15) is 14.4 Å². The van der Waals surface area contributed by atoms with Crippen LogP contribution in [0.1, 0.15) is 35.3 Å². The third-order valence-corrected chi connectivity index (χ3v) is 9.19. The zero-order chi connectivity index (χ0) is 34.7. The predicted molar refractivity (Wildman–Crippen MR) is 189 cm³/mol. The van der Waals surface area contributed by atoms with Gasteiger partial charge < -0.3 is 35.1 Å². The van der Waals surface area contributed by atoms with Crippen LogP contribution in [0.5, 0.6) is 0 Å². The van der Waals surface area contributed by atoms with Crippen molar-refractivity contribution in [1.29, 1.82) is 0 Å². The fourth-order valence-electron chi connectivity index (χ4n) is 5.60. The second-order valence-electron chi connectivity index (χ2n) is 12.2. The Morgan fingerprint density at radius 3 is 2.14 bits per heavy atom. The number of nitrogens with zero attached hydrogens (tertiary/aromatic N) is 3. The standard InChI is InChI=1S/C36H50N6O6S/c1-41(17-20-46-2)35(44)40-33(15-16-42-18-21-47-22-19-42)34(43)38-30(23-28-9-5-3-6-10-28)13-14-31(24-29-11-7-4-8-12-29)39-36(45)48-26-32-25-37-27-49-32/h3-12,25,27,30-31,33H,13-24,26H2,1-2H3,(H,38,43)(H,39,45)(H,40,44)/t30-,31-,33+/m1/s1. The predicted octanol–water partition coefficient (Wildman–Crippen LogP) is 3.87. The number of aromatic nitrogens is 1. The maximum atomic E-state index is 14.0. The van der Waals surface area contributed by atoms with Crippen molar-refractivity contribution >= 4 is 29.4 Å². The van der Waals surface area contributed by atoms with Crippen LogP contribution in [0.25, 0.3) is 0 Å². The Kier molecular flexibility index (Phi) is 16.3. The first kappa shape index (κ1) is 37.8. The van der Waals surface area contributed by atoms with Gasteiger partial charge in [-0.25, -0.2) is 9.59 Å². The molecule has 2 aromatic carbocycles. The van der Waals surface area contributed by atoms with Gasteiger partial charge in [0.2, 0.25) is 5.91 Å². The van der Waals surface area contributed by atoms with Crippen molar-refractivity contribution in [2.45, 2.75) is 56.8 Å². The number of amides is 4. The quantitative estimate of drug-likeness (QED) is 0.172. The average molecular weight is 695 g/mol. The van der Waals surface area contributed by atoms with E-state index in [1.165, 1.54) is 16.2 Å². The highest BCUT2D eigenvalue weighted by Gasteiger charge is 2.27. The van der Waals surface area contributed by atoms with Crippen molar-refractivity contribution in [3.8, 4) is 0 Å². The molecule has 266 valence electrons. The molecule has 0 bridgehead atoms. The van der Waals surface area contributed by atoms with Crippen molar-refractivity contribution < 1.29 is 28.6 Å². The fourth-order valence-corrected chi connectivity index (χ4v) is 6.11. The van der Waals surface area contributed by atoms with Crippen LogP contribution in [0.4, 0.5) is 9.59 Å². The summed E-state index contributed by atoms with van der Waals surface area (Å²) >= 11 is 1.43. The smallest absolute Gasteiger partial charge is 0.407 e. The zero-order valence-corrected chi connectivity index (χ0v) is 29.4. The number of rotatable bonds is 19. The number of methoxy groups -OCH3 is 1. The summed E-state index contributed by atoms with van der Waals surface area (Å²) in [6.07, 6.45) is 4.02. The number of hydrogen-bond donors (Lipinski definition) is 3. The van der Waals surface area contributed by atoms with Crippen molar-refractivity contribution in [2.24, 2.45) is 0 Å². The maximum Gasteiger partial charge on any atom is 0.407 e. The minimum absolute atomic E-state index is 0.152. The van der Waals surface area contributed by atoms with Crippen LogP contribution < -0.4 is 16.0 Å². The van der Waals surface area contributed by atoms with E-state index in [1.807, 2.05) is 60.7 Å². The van der Waals surface area contributed by atoms with Gasteiger partial charge in [-0.2, -0.15) is 0 Å². The minimum atomic E-state index is -0.737. The molecule has 1 aliphatic heterocycles. The Bertz CT molecular complexity index is 1380. The number of nitrogens with one attached hydrogen (secondary N) is 3. The second kappa shape index (κ2) is 21.1.